The van der Waals surface area contributed by atoms with Crippen LogP contribution in [0.25, 0.3) is 0 Å². The van der Waals surface area contributed by atoms with E-state index in [9.17, 15) is 24.6 Å². The number of aliphatic hydroxyl groups is 1. The third-order valence-electron chi connectivity index (χ3n) is 4.88. The molecule has 0 aromatic heterocycles. The van der Waals surface area contributed by atoms with Gasteiger partial charge < -0.3 is 20.4 Å². The van der Waals surface area contributed by atoms with Crippen molar-refractivity contribution in [1.29, 1.82) is 0 Å². The summed E-state index contributed by atoms with van der Waals surface area (Å²) in [4.78, 5) is 39.0. The highest BCUT2D eigenvalue weighted by Crippen LogP contribution is 2.55. The lowest BCUT2D eigenvalue weighted by Gasteiger charge is -2.44. The van der Waals surface area contributed by atoms with Crippen LogP contribution in [0, 0.1) is 5.92 Å². The molecule has 10 heteroatoms. The van der Waals surface area contributed by atoms with Gasteiger partial charge in [0.05, 0.1) is 22.3 Å². The largest absolute Gasteiger partial charge is 0.477 e. The van der Waals surface area contributed by atoms with Crippen molar-refractivity contribution >= 4 is 41.3 Å². The number of carbonyl (C=O) groups excluding carboxylic acids is 2. The van der Waals surface area contributed by atoms with Crippen LogP contribution in [0.5, 0.6) is 0 Å². The Morgan fingerprint density at radius 3 is 2.73 bits per heavy atom. The zero-order chi connectivity index (χ0) is 19.2. The minimum atomic E-state index is -1.13. The Labute approximate surface area is 160 Å². The Morgan fingerprint density at radius 1 is 1.46 bits per heavy atom. The third-order valence-corrected chi connectivity index (χ3v) is 7.71. The van der Waals surface area contributed by atoms with Crippen molar-refractivity contribution in [2.45, 2.75) is 42.5 Å². The fourth-order valence-electron chi connectivity index (χ4n) is 3.44. The van der Waals surface area contributed by atoms with E-state index in [0.717, 1.165) is 0 Å². The number of hydrogen-bond acceptors (Lipinski definition) is 7. The van der Waals surface area contributed by atoms with E-state index < -0.39 is 18.0 Å². The Bertz CT molecular complexity index is 668. The quantitative estimate of drug-likeness (QED) is 0.538. The molecule has 26 heavy (non-hydrogen) atoms. The zero-order valence-electron chi connectivity index (χ0n) is 14.8. The molecule has 0 bridgehead atoms. The van der Waals surface area contributed by atoms with Gasteiger partial charge in [-0.3, -0.25) is 14.5 Å². The summed E-state index contributed by atoms with van der Waals surface area (Å²) in [5, 5.41) is 22.5. The summed E-state index contributed by atoms with van der Waals surface area (Å²) >= 11 is 2.75. The summed E-state index contributed by atoms with van der Waals surface area (Å²) in [6.07, 6.45) is 0.302. The smallest absolute Gasteiger partial charge is 0.354 e. The molecule has 0 spiro atoms. The molecule has 3 N–H and O–H groups in total. The predicted octanol–water partition coefficient (Wildman–Crippen LogP) is 0.0942. The first kappa shape index (κ1) is 19.5. The van der Waals surface area contributed by atoms with Crippen LogP contribution in [0.15, 0.2) is 9.93 Å². The van der Waals surface area contributed by atoms with Crippen molar-refractivity contribution in [3.8, 4) is 0 Å². The average molecular weight is 402 g/mol. The van der Waals surface area contributed by atoms with Gasteiger partial charge in [0.2, 0.25) is 11.8 Å². The Hall–Kier alpha value is -1.23. The summed E-state index contributed by atoms with van der Waals surface area (Å²) < 4.78 is 0.589. The minimum absolute atomic E-state index is 0.00439. The van der Waals surface area contributed by atoms with E-state index in [4.69, 9.17) is 0 Å². The predicted molar refractivity (Wildman–Crippen MR) is 99.2 cm³/mol. The van der Waals surface area contributed by atoms with Gasteiger partial charge in [0.25, 0.3) is 0 Å². The lowest BCUT2D eigenvalue weighted by atomic mass is 9.90. The van der Waals surface area contributed by atoms with Crippen LogP contribution in [0.4, 0.5) is 0 Å². The van der Waals surface area contributed by atoms with E-state index >= 15 is 0 Å². The number of amides is 2. The van der Waals surface area contributed by atoms with Crippen molar-refractivity contribution in [2.75, 3.05) is 20.6 Å². The number of carbonyl (C=O) groups is 3. The van der Waals surface area contributed by atoms with E-state index in [1.807, 2.05) is 0 Å². The SMILES string of the molecule is CC[C@H](O)[C@@H]1C(=O)N2C(C(=O)O)=C(S[C@@H]3CN[C@H](C(=O)N(C)C)C3)S[C@H]12. The van der Waals surface area contributed by atoms with Gasteiger partial charge in [0, 0.05) is 25.9 Å². The van der Waals surface area contributed by atoms with Crippen LogP contribution in [0.3, 0.4) is 0 Å². The van der Waals surface area contributed by atoms with E-state index in [0.29, 0.717) is 23.6 Å². The van der Waals surface area contributed by atoms with E-state index in [-0.39, 0.29) is 34.2 Å². The van der Waals surface area contributed by atoms with Gasteiger partial charge in [0.15, 0.2) is 5.70 Å². The standard InChI is InChI=1S/C16H23N3O5S2/c1-4-9(20)10-13(22)19-11(15(23)24)16(26-14(10)19)25-7-5-8(17-6-7)12(21)18(2)3/h7-10,14,17,20H,4-6H2,1-3H3,(H,23,24)/t7-,8-,9-,10+,14+/m0/s1. The third kappa shape index (κ3) is 3.23. The van der Waals surface area contributed by atoms with E-state index in [1.54, 1.807) is 21.0 Å². The number of nitrogens with one attached hydrogen (secondary N) is 1. The normalized spacial score (nSPS) is 31.7. The number of fused-ring (bicyclic) bond motifs is 1. The lowest BCUT2D eigenvalue weighted by Crippen LogP contribution is -2.61. The molecule has 5 atom stereocenters. The number of hydrogen-bond donors (Lipinski definition) is 3. The van der Waals surface area contributed by atoms with Crippen LogP contribution in [-0.2, 0) is 14.4 Å². The molecule has 0 unspecified atom stereocenters. The number of nitrogens with zero attached hydrogens (tertiary/aromatic N) is 2. The lowest BCUT2D eigenvalue weighted by molar-refractivity contribution is -0.157. The molecule has 3 heterocycles. The first-order valence-electron chi connectivity index (χ1n) is 8.52. The first-order valence-corrected chi connectivity index (χ1v) is 10.3. The summed E-state index contributed by atoms with van der Waals surface area (Å²) in [5.41, 5.74) is 0.0111. The molecule has 3 aliphatic heterocycles. The van der Waals surface area contributed by atoms with Gasteiger partial charge in [-0.15, -0.1) is 11.8 Å². The molecule has 2 amide bonds. The molecule has 144 valence electrons. The fourth-order valence-corrected chi connectivity index (χ4v) is 6.71. The maximum Gasteiger partial charge on any atom is 0.354 e. The topological polar surface area (TPSA) is 110 Å². The molecular weight excluding hydrogens is 378 g/mol. The maximum atomic E-state index is 12.3. The Kier molecular flexibility index (Phi) is 5.57. The van der Waals surface area contributed by atoms with Crippen molar-refractivity contribution < 1.29 is 24.6 Å². The molecule has 2 fully saturated rings. The Balaban J connectivity index is 1.71. The molecule has 0 aromatic carbocycles. The van der Waals surface area contributed by atoms with Gasteiger partial charge in [-0.05, 0) is 12.8 Å². The van der Waals surface area contributed by atoms with Crippen molar-refractivity contribution in [3.63, 3.8) is 0 Å². The molecule has 0 radical (unpaired) electrons. The summed E-state index contributed by atoms with van der Waals surface area (Å²) in [6, 6.07) is -0.267. The number of carboxylic acid groups (broad SMARTS) is 1. The molecule has 3 aliphatic rings. The summed E-state index contributed by atoms with van der Waals surface area (Å²) in [6.45, 7) is 2.40. The summed E-state index contributed by atoms with van der Waals surface area (Å²) in [5.74, 6) is -2.01. The van der Waals surface area contributed by atoms with Gasteiger partial charge in [-0.1, -0.05) is 18.7 Å². The van der Waals surface area contributed by atoms with Crippen molar-refractivity contribution in [1.82, 2.24) is 15.1 Å². The van der Waals surface area contributed by atoms with Crippen molar-refractivity contribution in [2.24, 2.45) is 5.92 Å². The Morgan fingerprint density at radius 2 is 2.15 bits per heavy atom. The number of carboxylic acids is 1. The molecular formula is C16H23N3O5S2. The molecule has 0 aliphatic carbocycles. The van der Waals surface area contributed by atoms with Crippen LogP contribution >= 0.6 is 23.5 Å². The second-order valence-electron chi connectivity index (χ2n) is 6.83. The second-order valence-corrected chi connectivity index (χ2v) is 9.52. The van der Waals surface area contributed by atoms with Crippen LogP contribution in [0.1, 0.15) is 19.8 Å². The van der Waals surface area contributed by atoms with Gasteiger partial charge >= 0.3 is 5.97 Å². The first-order chi connectivity index (χ1) is 12.3. The highest BCUT2D eigenvalue weighted by molar-refractivity contribution is 8.23. The number of likely N-dealkylation sites (N-methyl/N-ethyl adjacent to an activating group) is 1. The fraction of sp³-hybridized carbons (Fsp3) is 0.688. The number of aliphatic hydroxyl groups excluding tert-OH is 1. The molecule has 0 saturated carbocycles. The zero-order valence-corrected chi connectivity index (χ0v) is 16.5. The molecule has 2 saturated heterocycles. The summed E-state index contributed by atoms with van der Waals surface area (Å²) in [7, 11) is 3.41. The number of β-lactam (4-membered cyclic amide) rings is 1. The van der Waals surface area contributed by atoms with Gasteiger partial charge in [-0.2, -0.15) is 0 Å². The highest BCUT2D eigenvalue weighted by Gasteiger charge is 2.58. The molecule has 8 nitrogen and oxygen atoms in total. The highest BCUT2D eigenvalue weighted by atomic mass is 32.2. The van der Waals surface area contributed by atoms with Gasteiger partial charge in [0.1, 0.15) is 5.37 Å². The molecule has 0 aromatic rings. The van der Waals surface area contributed by atoms with Gasteiger partial charge in [-0.25, -0.2) is 4.79 Å². The maximum absolute atomic E-state index is 12.3. The van der Waals surface area contributed by atoms with E-state index in [1.165, 1.54) is 33.3 Å². The van der Waals surface area contributed by atoms with Crippen LogP contribution in [-0.4, -0.2) is 81.2 Å². The number of aliphatic carboxylic acids is 1. The number of rotatable bonds is 6. The molecule has 3 rings (SSSR count). The monoisotopic (exact) mass is 401 g/mol. The second kappa shape index (κ2) is 7.41. The number of thioether (sulfide) groups is 2. The van der Waals surface area contributed by atoms with Crippen molar-refractivity contribution in [3.05, 3.63) is 9.93 Å². The van der Waals surface area contributed by atoms with E-state index in [2.05, 4.69) is 5.32 Å². The van der Waals surface area contributed by atoms with Crippen LogP contribution in [0.2, 0.25) is 0 Å². The average Bonchev–Trinajstić information content (AvgIpc) is 3.17. The minimum Gasteiger partial charge on any atom is -0.477 e. The van der Waals surface area contributed by atoms with Crippen LogP contribution < -0.4 is 5.32 Å².